The van der Waals surface area contributed by atoms with E-state index in [0.717, 1.165) is 16.7 Å². The van der Waals surface area contributed by atoms with Gasteiger partial charge in [0.05, 0.1) is 25.9 Å². The summed E-state index contributed by atoms with van der Waals surface area (Å²) in [5, 5.41) is 11.9. The fourth-order valence-corrected chi connectivity index (χ4v) is 4.24. The fourth-order valence-electron chi connectivity index (χ4n) is 4.24. The molecule has 4 rings (SSSR count). The van der Waals surface area contributed by atoms with Crippen LogP contribution in [0.2, 0.25) is 0 Å². The highest BCUT2D eigenvalue weighted by atomic mass is 19.4. The Labute approximate surface area is 206 Å². The van der Waals surface area contributed by atoms with Crippen LogP contribution in [0.4, 0.5) is 29.5 Å². The normalized spacial score (nSPS) is 18.4. The van der Waals surface area contributed by atoms with Gasteiger partial charge in [0.1, 0.15) is 12.4 Å². The minimum atomic E-state index is -4.73. The molecule has 0 saturated carbocycles. The number of ether oxygens (including phenoxy) is 3. The van der Waals surface area contributed by atoms with Gasteiger partial charge in [-0.1, -0.05) is 6.07 Å². The topological polar surface area (TPSA) is 96.4 Å². The summed E-state index contributed by atoms with van der Waals surface area (Å²) in [6.45, 7) is 4.46. The summed E-state index contributed by atoms with van der Waals surface area (Å²) in [6.07, 6.45) is -5.69. The first-order chi connectivity index (χ1) is 17.2. The molecule has 0 radical (unpaired) electrons. The number of aromatic nitrogens is 1. The van der Waals surface area contributed by atoms with Crippen LogP contribution in [0.5, 0.6) is 5.88 Å². The highest BCUT2D eigenvalue weighted by molar-refractivity contribution is 5.90. The van der Waals surface area contributed by atoms with E-state index in [1.165, 1.54) is 4.90 Å². The first kappa shape index (κ1) is 26.0. The summed E-state index contributed by atoms with van der Waals surface area (Å²) >= 11 is 0. The van der Waals surface area contributed by atoms with Gasteiger partial charge in [-0.15, -0.1) is 13.2 Å². The van der Waals surface area contributed by atoms with Gasteiger partial charge in [-0.2, -0.15) is 4.98 Å². The van der Waals surface area contributed by atoms with Crippen LogP contribution in [-0.2, 0) is 9.47 Å². The van der Waals surface area contributed by atoms with Gasteiger partial charge in [-0.3, -0.25) is 4.74 Å². The molecule has 9 nitrogen and oxygen atoms in total. The van der Waals surface area contributed by atoms with Gasteiger partial charge in [-0.25, -0.2) is 4.79 Å². The lowest BCUT2D eigenvalue weighted by Gasteiger charge is -2.28. The molecule has 2 aromatic rings. The lowest BCUT2D eigenvalue weighted by atomic mass is 10.0. The van der Waals surface area contributed by atoms with E-state index in [4.69, 9.17) is 9.47 Å². The number of likely N-dealkylation sites (tertiary alicyclic amines) is 1. The van der Waals surface area contributed by atoms with Crippen molar-refractivity contribution in [3.8, 4) is 17.0 Å². The van der Waals surface area contributed by atoms with Gasteiger partial charge in [-0.05, 0) is 48.2 Å². The third-order valence-corrected chi connectivity index (χ3v) is 6.00. The van der Waals surface area contributed by atoms with Gasteiger partial charge in [0.2, 0.25) is 5.88 Å². The molecule has 2 fully saturated rings. The molecular weight excluding hydrogens is 481 g/mol. The number of aliphatic hydroxyl groups is 1. The van der Waals surface area contributed by atoms with Crippen LogP contribution in [0.25, 0.3) is 11.1 Å². The minimum absolute atomic E-state index is 0.100. The SMILES string of the molecule is Cc1ccc(NC(=O)N2CC[C@@H](OC(F)(F)F)C2)cc1-c1cc(OCCO)nc(N2CCOCC2)c1. The van der Waals surface area contributed by atoms with Crippen molar-refractivity contribution >= 4 is 17.5 Å². The van der Waals surface area contributed by atoms with Crippen molar-refractivity contribution in [3.63, 3.8) is 0 Å². The maximum Gasteiger partial charge on any atom is 0.522 e. The molecule has 2 saturated heterocycles. The van der Waals surface area contributed by atoms with Crippen LogP contribution in [-0.4, -0.2) is 86.1 Å². The van der Waals surface area contributed by atoms with Crippen LogP contribution >= 0.6 is 0 Å². The molecule has 1 atom stereocenters. The molecule has 1 aromatic carbocycles. The minimum Gasteiger partial charge on any atom is -0.475 e. The number of anilines is 2. The average Bonchev–Trinajstić information content (AvgIpc) is 3.31. The number of carbonyl (C=O) groups is 1. The van der Waals surface area contributed by atoms with Crippen LogP contribution in [0.15, 0.2) is 30.3 Å². The number of alkyl halides is 3. The van der Waals surface area contributed by atoms with Gasteiger partial charge in [0, 0.05) is 37.9 Å². The lowest BCUT2D eigenvalue weighted by Crippen LogP contribution is -2.36. The number of hydrogen-bond acceptors (Lipinski definition) is 7. The van der Waals surface area contributed by atoms with E-state index in [1.54, 1.807) is 18.2 Å². The molecule has 12 heteroatoms. The quantitative estimate of drug-likeness (QED) is 0.590. The third-order valence-electron chi connectivity index (χ3n) is 6.00. The Balaban J connectivity index is 1.53. The Morgan fingerprint density at radius 2 is 2.00 bits per heavy atom. The number of aryl methyl sites for hydroxylation is 1. The number of carbonyl (C=O) groups excluding carboxylic acids is 1. The van der Waals surface area contributed by atoms with E-state index in [0.29, 0.717) is 43.7 Å². The number of nitrogens with one attached hydrogen (secondary N) is 1. The molecule has 2 aliphatic heterocycles. The molecular formula is C24H29F3N4O5. The number of pyridine rings is 1. The van der Waals surface area contributed by atoms with Crippen LogP contribution in [0.1, 0.15) is 12.0 Å². The van der Waals surface area contributed by atoms with Crippen molar-refractivity contribution in [2.75, 3.05) is 62.8 Å². The average molecular weight is 511 g/mol. The van der Waals surface area contributed by atoms with Crippen LogP contribution < -0.4 is 15.0 Å². The Bertz CT molecular complexity index is 1060. The van der Waals surface area contributed by atoms with E-state index >= 15 is 0 Å². The molecule has 2 aliphatic rings. The zero-order valence-electron chi connectivity index (χ0n) is 19.9. The zero-order chi connectivity index (χ0) is 25.7. The number of nitrogens with zero attached hydrogens (tertiary/aromatic N) is 3. The highest BCUT2D eigenvalue weighted by Gasteiger charge is 2.37. The van der Waals surface area contributed by atoms with E-state index < -0.39 is 18.5 Å². The molecule has 196 valence electrons. The van der Waals surface area contributed by atoms with E-state index in [1.807, 2.05) is 19.1 Å². The zero-order valence-corrected chi connectivity index (χ0v) is 19.9. The van der Waals surface area contributed by atoms with Crippen molar-refractivity contribution in [3.05, 3.63) is 35.9 Å². The predicted octanol–water partition coefficient (Wildman–Crippen LogP) is 3.41. The van der Waals surface area contributed by atoms with Gasteiger partial charge < -0.3 is 29.7 Å². The predicted molar refractivity (Wildman–Crippen MR) is 126 cm³/mol. The van der Waals surface area contributed by atoms with E-state index in [9.17, 15) is 23.1 Å². The van der Waals surface area contributed by atoms with Gasteiger partial charge >= 0.3 is 12.4 Å². The number of hydrogen-bond donors (Lipinski definition) is 2. The van der Waals surface area contributed by atoms with Crippen molar-refractivity contribution in [2.24, 2.45) is 0 Å². The fraction of sp³-hybridized carbons (Fsp3) is 0.500. The molecule has 1 aromatic heterocycles. The Morgan fingerprint density at radius 3 is 2.72 bits per heavy atom. The molecule has 36 heavy (non-hydrogen) atoms. The number of amides is 2. The Morgan fingerprint density at radius 1 is 1.22 bits per heavy atom. The first-order valence-electron chi connectivity index (χ1n) is 11.7. The summed E-state index contributed by atoms with van der Waals surface area (Å²) in [5.74, 6) is 1.08. The van der Waals surface area contributed by atoms with Crippen molar-refractivity contribution < 1.29 is 37.3 Å². The Hall–Kier alpha value is -3.09. The van der Waals surface area contributed by atoms with Crippen LogP contribution in [0.3, 0.4) is 0 Å². The van der Waals surface area contributed by atoms with Crippen molar-refractivity contribution in [2.45, 2.75) is 25.8 Å². The second kappa shape index (κ2) is 11.3. The number of rotatable bonds is 7. The van der Waals surface area contributed by atoms with E-state index in [2.05, 4.69) is 19.9 Å². The lowest BCUT2D eigenvalue weighted by molar-refractivity contribution is -0.340. The number of urea groups is 1. The van der Waals surface area contributed by atoms with Gasteiger partial charge in [0.15, 0.2) is 0 Å². The maximum absolute atomic E-state index is 12.7. The summed E-state index contributed by atoms with van der Waals surface area (Å²) in [5.41, 5.74) is 3.09. The smallest absolute Gasteiger partial charge is 0.475 e. The molecule has 0 aliphatic carbocycles. The first-order valence-corrected chi connectivity index (χ1v) is 11.7. The standard InChI is InChI=1S/C24H29F3N4O5/c1-16-2-3-18(28-23(33)31-5-4-19(15-31)36-24(25,26)27)14-20(16)17-12-21(30-6-9-34-10-7-30)29-22(13-17)35-11-8-32/h2-3,12-14,19,32H,4-11,15H2,1H3,(H,28,33)/t19-/m1/s1. The summed E-state index contributed by atoms with van der Waals surface area (Å²) in [7, 11) is 0. The van der Waals surface area contributed by atoms with Crippen LogP contribution in [0, 0.1) is 6.92 Å². The largest absolute Gasteiger partial charge is 0.522 e. The molecule has 2 N–H and O–H groups in total. The second-order valence-corrected chi connectivity index (χ2v) is 8.60. The summed E-state index contributed by atoms with van der Waals surface area (Å²) in [4.78, 5) is 20.7. The summed E-state index contributed by atoms with van der Waals surface area (Å²) < 4.78 is 52.6. The number of morpholine rings is 1. The number of benzene rings is 1. The molecule has 0 bridgehead atoms. The second-order valence-electron chi connectivity index (χ2n) is 8.60. The highest BCUT2D eigenvalue weighted by Crippen LogP contribution is 2.32. The van der Waals surface area contributed by atoms with Crippen molar-refractivity contribution in [1.29, 1.82) is 0 Å². The maximum atomic E-state index is 12.7. The monoisotopic (exact) mass is 510 g/mol. The Kier molecular flexibility index (Phi) is 8.17. The van der Waals surface area contributed by atoms with E-state index in [-0.39, 0.29) is 32.7 Å². The van der Waals surface area contributed by atoms with Gasteiger partial charge in [0.25, 0.3) is 0 Å². The number of halogens is 3. The van der Waals surface area contributed by atoms with Crippen molar-refractivity contribution in [1.82, 2.24) is 9.88 Å². The third kappa shape index (κ3) is 6.77. The molecule has 0 spiro atoms. The summed E-state index contributed by atoms with van der Waals surface area (Å²) in [6, 6.07) is 8.62. The number of aliphatic hydroxyl groups excluding tert-OH is 1. The molecule has 0 unspecified atom stereocenters. The molecule has 2 amide bonds. The molecule has 3 heterocycles.